The second kappa shape index (κ2) is 7.03. The third-order valence-corrected chi connectivity index (χ3v) is 2.22. The summed E-state index contributed by atoms with van der Waals surface area (Å²) in [7, 11) is 0. The van der Waals surface area contributed by atoms with Crippen LogP contribution in [0.2, 0.25) is 0 Å². The van der Waals surface area contributed by atoms with Gasteiger partial charge in [-0.1, -0.05) is 6.07 Å². The Hall–Kier alpha value is -1.52. The van der Waals surface area contributed by atoms with E-state index in [-0.39, 0.29) is 30.6 Å². The van der Waals surface area contributed by atoms with Crippen molar-refractivity contribution >= 4 is 42.0 Å². The van der Waals surface area contributed by atoms with Crippen LogP contribution in [0.15, 0.2) is 36.5 Å². The normalized spacial score (nSPS) is 9.00. The zero-order valence-corrected chi connectivity index (χ0v) is 11.3. The molecule has 0 unspecified atom stereocenters. The number of nitrogens with zero attached hydrogens (tertiary/aromatic N) is 1. The molecule has 0 bridgehead atoms. The lowest BCUT2D eigenvalue weighted by Gasteiger charge is -2.08. The number of pyridine rings is 1. The van der Waals surface area contributed by atoms with Crippen LogP contribution in [0.1, 0.15) is 5.56 Å². The van der Waals surface area contributed by atoms with Crippen molar-refractivity contribution in [3.05, 3.63) is 47.9 Å². The molecule has 18 heavy (non-hydrogen) atoms. The van der Waals surface area contributed by atoms with E-state index in [1.54, 1.807) is 24.4 Å². The Labute approximate surface area is 117 Å². The molecular weight excluding hydrogens is 276 g/mol. The molecule has 0 aliphatic heterocycles. The minimum atomic E-state index is -0.315. The highest BCUT2D eigenvalue weighted by atomic mass is 35.5. The Morgan fingerprint density at radius 2 is 1.94 bits per heavy atom. The van der Waals surface area contributed by atoms with Crippen molar-refractivity contribution < 1.29 is 4.39 Å². The van der Waals surface area contributed by atoms with Crippen LogP contribution in [0.25, 0.3) is 0 Å². The van der Waals surface area contributed by atoms with E-state index in [2.05, 4.69) is 10.3 Å². The van der Waals surface area contributed by atoms with Gasteiger partial charge in [0, 0.05) is 6.20 Å². The zero-order chi connectivity index (χ0) is 11.5. The lowest BCUT2D eigenvalue weighted by atomic mass is 10.2. The molecular formula is C12H14Cl2FN3. The van der Waals surface area contributed by atoms with E-state index in [9.17, 15) is 4.39 Å². The Morgan fingerprint density at radius 1 is 1.22 bits per heavy atom. The molecule has 0 aliphatic carbocycles. The SMILES string of the molecule is Cc1ccc(Nc2ncccc2N)c(F)c1.Cl.Cl. The van der Waals surface area contributed by atoms with Gasteiger partial charge in [0.15, 0.2) is 5.82 Å². The van der Waals surface area contributed by atoms with Crippen molar-refractivity contribution in [2.24, 2.45) is 0 Å². The highest BCUT2D eigenvalue weighted by Gasteiger charge is 2.04. The maximum atomic E-state index is 13.5. The molecule has 3 nitrogen and oxygen atoms in total. The number of benzene rings is 1. The number of nitrogens with one attached hydrogen (secondary N) is 1. The molecule has 0 aliphatic rings. The predicted molar refractivity (Wildman–Crippen MR) is 77.6 cm³/mol. The molecule has 6 heteroatoms. The van der Waals surface area contributed by atoms with Gasteiger partial charge in [-0.25, -0.2) is 9.37 Å². The summed E-state index contributed by atoms with van der Waals surface area (Å²) in [4.78, 5) is 4.03. The summed E-state index contributed by atoms with van der Waals surface area (Å²) in [6, 6.07) is 8.39. The highest BCUT2D eigenvalue weighted by molar-refractivity contribution is 5.85. The first kappa shape index (κ1) is 16.5. The number of hydrogen-bond acceptors (Lipinski definition) is 3. The summed E-state index contributed by atoms with van der Waals surface area (Å²) in [5.41, 5.74) is 7.43. The highest BCUT2D eigenvalue weighted by Crippen LogP contribution is 2.22. The molecule has 98 valence electrons. The fourth-order valence-electron chi connectivity index (χ4n) is 1.37. The summed E-state index contributed by atoms with van der Waals surface area (Å²) in [5, 5.41) is 2.86. The fourth-order valence-corrected chi connectivity index (χ4v) is 1.37. The second-order valence-electron chi connectivity index (χ2n) is 3.55. The van der Waals surface area contributed by atoms with Gasteiger partial charge >= 0.3 is 0 Å². The number of rotatable bonds is 2. The summed E-state index contributed by atoms with van der Waals surface area (Å²) in [6.45, 7) is 1.84. The van der Waals surface area contributed by atoms with E-state index >= 15 is 0 Å². The number of nitrogens with two attached hydrogens (primary N) is 1. The van der Waals surface area contributed by atoms with Gasteiger partial charge in [0.25, 0.3) is 0 Å². The van der Waals surface area contributed by atoms with E-state index in [1.165, 1.54) is 6.07 Å². The molecule has 1 aromatic heterocycles. The maximum absolute atomic E-state index is 13.5. The van der Waals surface area contributed by atoms with Crippen LogP contribution < -0.4 is 11.1 Å². The van der Waals surface area contributed by atoms with Crippen LogP contribution in [0, 0.1) is 12.7 Å². The largest absolute Gasteiger partial charge is 0.396 e. The Morgan fingerprint density at radius 3 is 2.56 bits per heavy atom. The van der Waals surface area contributed by atoms with Gasteiger partial charge in [-0.05, 0) is 36.8 Å². The third-order valence-electron chi connectivity index (χ3n) is 2.22. The van der Waals surface area contributed by atoms with Gasteiger partial charge in [0.2, 0.25) is 0 Å². The number of hydrogen-bond donors (Lipinski definition) is 2. The quantitative estimate of drug-likeness (QED) is 0.886. The molecule has 1 heterocycles. The van der Waals surface area contributed by atoms with Gasteiger partial charge in [-0.2, -0.15) is 0 Å². The van der Waals surface area contributed by atoms with Crippen molar-refractivity contribution in [1.82, 2.24) is 4.98 Å². The smallest absolute Gasteiger partial charge is 0.153 e. The average Bonchev–Trinajstić information content (AvgIpc) is 2.25. The number of aryl methyl sites for hydroxylation is 1. The lowest BCUT2D eigenvalue weighted by Crippen LogP contribution is -2.00. The number of nitrogen functional groups attached to an aromatic ring is 1. The van der Waals surface area contributed by atoms with Crippen LogP contribution in [0.3, 0.4) is 0 Å². The molecule has 1 aromatic carbocycles. The average molecular weight is 290 g/mol. The first-order valence-electron chi connectivity index (χ1n) is 4.90. The summed E-state index contributed by atoms with van der Waals surface area (Å²) in [6.07, 6.45) is 1.60. The van der Waals surface area contributed by atoms with Crippen LogP contribution in [0.4, 0.5) is 21.6 Å². The molecule has 0 atom stereocenters. The zero-order valence-electron chi connectivity index (χ0n) is 9.68. The van der Waals surface area contributed by atoms with Gasteiger partial charge in [-0.15, -0.1) is 24.8 Å². The van der Waals surface area contributed by atoms with Crippen LogP contribution in [0.5, 0.6) is 0 Å². The van der Waals surface area contributed by atoms with E-state index in [0.29, 0.717) is 17.2 Å². The van der Waals surface area contributed by atoms with E-state index in [1.807, 2.05) is 13.0 Å². The Kier molecular flexibility index (Phi) is 6.44. The molecule has 0 fully saturated rings. The maximum Gasteiger partial charge on any atom is 0.153 e. The van der Waals surface area contributed by atoms with Crippen molar-refractivity contribution in [2.75, 3.05) is 11.1 Å². The minimum absolute atomic E-state index is 0. The molecule has 0 spiro atoms. The number of anilines is 3. The second-order valence-corrected chi connectivity index (χ2v) is 3.55. The summed E-state index contributed by atoms with van der Waals surface area (Å²) in [5.74, 6) is 0.148. The monoisotopic (exact) mass is 289 g/mol. The first-order valence-corrected chi connectivity index (χ1v) is 4.90. The molecule has 0 radical (unpaired) electrons. The molecule has 2 rings (SSSR count). The fraction of sp³-hybridized carbons (Fsp3) is 0.0833. The summed E-state index contributed by atoms with van der Waals surface area (Å²) >= 11 is 0. The standard InChI is InChI=1S/C12H12FN3.2ClH/c1-8-4-5-11(9(13)7-8)16-12-10(14)3-2-6-15-12;;/h2-7H,14H2,1H3,(H,15,16);2*1H. The van der Waals surface area contributed by atoms with Crippen LogP contribution in [-0.4, -0.2) is 4.98 Å². The van der Waals surface area contributed by atoms with E-state index < -0.39 is 0 Å². The van der Waals surface area contributed by atoms with Crippen LogP contribution >= 0.6 is 24.8 Å². The minimum Gasteiger partial charge on any atom is -0.396 e. The molecule has 2 aromatic rings. The Balaban J connectivity index is 0.00000144. The van der Waals surface area contributed by atoms with Gasteiger partial charge in [-0.3, -0.25) is 0 Å². The van der Waals surface area contributed by atoms with Crippen molar-refractivity contribution in [2.45, 2.75) is 6.92 Å². The van der Waals surface area contributed by atoms with Gasteiger partial charge in [0.05, 0.1) is 11.4 Å². The third kappa shape index (κ3) is 3.75. The molecule has 3 N–H and O–H groups in total. The first-order chi connectivity index (χ1) is 7.66. The number of aromatic nitrogens is 1. The predicted octanol–water partition coefficient (Wildman–Crippen LogP) is 3.70. The number of halogens is 3. The molecule has 0 saturated carbocycles. The van der Waals surface area contributed by atoms with Crippen LogP contribution in [-0.2, 0) is 0 Å². The topological polar surface area (TPSA) is 50.9 Å². The Bertz CT molecular complexity index is 520. The van der Waals surface area contributed by atoms with E-state index in [0.717, 1.165) is 5.56 Å². The van der Waals surface area contributed by atoms with Crippen molar-refractivity contribution in [3.63, 3.8) is 0 Å². The van der Waals surface area contributed by atoms with Crippen molar-refractivity contribution in [3.8, 4) is 0 Å². The summed E-state index contributed by atoms with van der Waals surface area (Å²) < 4.78 is 13.5. The van der Waals surface area contributed by atoms with E-state index in [4.69, 9.17) is 5.73 Å². The van der Waals surface area contributed by atoms with Gasteiger partial charge in [0.1, 0.15) is 5.82 Å². The molecule has 0 saturated heterocycles. The van der Waals surface area contributed by atoms with Gasteiger partial charge < -0.3 is 11.1 Å². The molecule has 0 amide bonds. The lowest BCUT2D eigenvalue weighted by molar-refractivity contribution is 0.630. The van der Waals surface area contributed by atoms with Crippen molar-refractivity contribution in [1.29, 1.82) is 0 Å².